The predicted molar refractivity (Wildman–Crippen MR) is 118 cm³/mol. The Hall–Kier alpha value is -2.44. The highest BCUT2D eigenvalue weighted by molar-refractivity contribution is 7.89. The molecule has 2 aromatic rings. The highest BCUT2D eigenvalue weighted by Gasteiger charge is 2.45. The number of carboxylic acid groups (broad SMARTS) is 1. The molecule has 0 fully saturated rings. The lowest BCUT2D eigenvalue weighted by atomic mass is 9.99. The van der Waals surface area contributed by atoms with Crippen molar-refractivity contribution in [3.05, 3.63) is 76.9 Å². The number of rotatable bonds is 8. The number of unbranched alkanes of at least 4 members (excludes halogenated alkanes) is 1. The van der Waals surface area contributed by atoms with Gasteiger partial charge in [-0.05, 0) is 43.0 Å². The standard InChI is InChI=1S/C24H29NO4S/c1-4-6-7-20-16-22(24(26)27)23(19-12-10-18(5-2)11-13-19)25(20)30(28,29)21-14-8-17(3)9-15-21/h8-16,20,23H,4-7H2,1-3H3,(H,26,27)/t20-,23+/m1/s1. The number of benzene rings is 2. The van der Waals surface area contributed by atoms with Gasteiger partial charge in [-0.15, -0.1) is 0 Å². The van der Waals surface area contributed by atoms with Gasteiger partial charge in [-0.2, -0.15) is 4.31 Å². The van der Waals surface area contributed by atoms with Crippen LogP contribution in [0.4, 0.5) is 0 Å². The first-order chi connectivity index (χ1) is 14.3. The summed E-state index contributed by atoms with van der Waals surface area (Å²) in [5.74, 6) is -1.08. The first kappa shape index (κ1) is 22.2. The van der Waals surface area contributed by atoms with Gasteiger partial charge in [-0.25, -0.2) is 13.2 Å². The van der Waals surface area contributed by atoms with E-state index in [4.69, 9.17) is 0 Å². The largest absolute Gasteiger partial charge is 0.478 e. The van der Waals surface area contributed by atoms with Crippen molar-refractivity contribution in [1.29, 1.82) is 0 Å². The van der Waals surface area contributed by atoms with Gasteiger partial charge in [0.1, 0.15) is 0 Å². The second-order valence-corrected chi connectivity index (χ2v) is 9.63. The Labute approximate surface area is 179 Å². The minimum absolute atomic E-state index is 0.121. The zero-order valence-electron chi connectivity index (χ0n) is 17.7. The van der Waals surface area contributed by atoms with Crippen molar-refractivity contribution in [3.8, 4) is 0 Å². The summed E-state index contributed by atoms with van der Waals surface area (Å²) in [5.41, 5.74) is 2.88. The van der Waals surface area contributed by atoms with Crippen LogP contribution in [0.25, 0.3) is 0 Å². The molecule has 0 spiro atoms. The van der Waals surface area contributed by atoms with E-state index in [0.29, 0.717) is 12.0 Å². The van der Waals surface area contributed by atoms with E-state index in [0.717, 1.165) is 30.4 Å². The zero-order valence-corrected chi connectivity index (χ0v) is 18.5. The molecular formula is C24H29NO4S. The third-order valence-electron chi connectivity index (χ3n) is 5.65. The minimum atomic E-state index is -3.90. The Morgan fingerprint density at radius 3 is 2.20 bits per heavy atom. The molecule has 2 aromatic carbocycles. The second kappa shape index (κ2) is 9.14. The molecule has 1 heterocycles. The summed E-state index contributed by atoms with van der Waals surface area (Å²) < 4.78 is 28.8. The summed E-state index contributed by atoms with van der Waals surface area (Å²) in [4.78, 5) is 12.3. The molecule has 5 nitrogen and oxygen atoms in total. The van der Waals surface area contributed by atoms with Gasteiger partial charge in [0.05, 0.1) is 16.5 Å². The van der Waals surface area contributed by atoms with Gasteiger partial charge in [0, 0.05) is 6.04 Å². The van der Waals surface area contributed by atoms with Gasteiger partial charge < -0.3 is 5.11 Å². The summed E-state index contributed by atoms with van der Waals surface area (Å²) in [6, 6.07) is 13.0. The molecule has 3 rings (SSSR count). The number of hydrogen-bond acceptors (Lipinski definition) is 3. The van der Waals surface area contributed by atoms with Crippen molar-refractivity contribution < 1.29 is 18.3 Å². The smallest absolute Gasteiger partial charge is 0.333 e. The maximum Gasteiger partial charge on any atom is 0.333 e. The van der Waals surface area contributed by atoms with E-state index in [2.05, 4.69) is 0 Å². The second-order valence-electron chi connectivity index (χ2n) is 7.78. The number of aliphatic carboxylic acids is 1. The van der Waals surface area contributed by atoms with Crippen LogP contribution in [0.2, 0.25) is 0 Å². The van der Waals surface area contributed by atoms with Crippen LogP contribution in [0.3, 0.4) is 0 Å². The third-order valence-corrected chi connectivity index (χ3v) is 7.55. The molecule has 0 bridgehead atoms. The lowest BCUT2D eigenvalue weighted by Crippen LogP contribution is -2.39. The summed E-state index contributed by atoms with van der Waals surface area (Å²) in [6.45, 7) is 5.98. The Bertz CT molecular complexity index is 1020. The van der Waals surface area contributed by atoms with Crippen LogP contribution in [-0.4, -0.2) is 29.8 Å². The minimum Gasteiger partial charge on any atom is -0.478 e. The van der Waals surface area contributed by atoms with E-state index in [-0.39, 0.29) is 10.5 Å². The van der Waals surface area contributed by atoms with Crippen molar-refractivity contribution in [2.45, 2.75) is 63.4 Å². The van der Waals surface area contributed by atoms with E-state index in [1.54, 1.807) is 30.3 Å². The molecule has 0 aromatic heterocycles. The quantitative estimate of drug-likeness (QED) is 0.652. The van der Waals surface area contributed by atoms with Crippen molar-refractivity contribution >= 4 is 16.0 Å². The highest BCUT2D eigenvalue weighted by atomic mass is 32.2. The van der Waals surface area contributed by atoms with Gasteiger partial charge in [0.25, 0.3) is 0 Å². The Morgan fingerprint density at radius 2 is 1.67 bits per heavy atom. The van der Waals surface area contributed by atoms with Crippen LogP contribution in [0.1, 0.15) is 55.8 Å². The van der Waals surface area contributed by atoms with Crippen LogP contribution in [-0.2, 0) is 21.2 Å². The van der Waals surface area contributed by atoms with E-state index in [1.807, 2.05) is 45.0 Å². The molecule has 1 aliphatic rings. The van der Waals surface area contributed by atoms with Crippen LogP contribution < -0.4 is 0 Å². The number of aryl methyl sites for hydroxylation is 2. The van der Waals surface area contributed by atoms with Crippen molar-refractivity contribution in [1.82, 2.24) is 4.31 Å². The topological polar surface area (TPSA) is 74.7 Å². The molecule has 160 valence electrons. The maximum absolute atomic E-state index is 13.7. The lowest BCUT2D eigenvalue weighted by Gasteiger charge is -2.31. The fraction of sp³-hybridized carbons (Fsp3) is 0.375. The highest BCUT2D eigenvalue weighted by Crippen LogP contribution is 2.42. The molecule has 30 heavy (non-hydrogen) atoms. The first-order valence-electron chi connectivity index (χ1n) is 10.4. The molecule has 0 radical (unpaired) electrons. The fourth-order valence-corrected chi connectivity index (χ4v) is 5.68. The number of sulfonamides is 1. The van der Waals surface area contributed by atoms with Crippen LogP contribution in [0, 0.1) is 6.92 Å². The molecule has 2 atom stereocenters. The average molecular weight is 428 g/mol. The summed E-state index contributed by atoms with van der Waals surface area (Å²) in [7, 11) is -3.90. The number of hydrogen-bond donors (Lipinski definition) is 1. The number of nitrogens with zero attached hydrogens (tertiary/aromatic N) is 1. The molecule has 0 aliphatic carbocycles. The van der Waals surface area contributed by atoms with Crippen molar-refractivity contribution in [3.63, 3.8) is 0 Å². The molecule has 1 aliphatic heterocycles. The number of carboxylic acids is 1. The van der Waals surface area contributed by atoms with Gasteiger partial charge in [-0.3, -0.25) is 0 Å². The summed E-state index contributed by atoms with van der Waals surface area (Å²) in [5, 5.41) is 9.89. The van der Waals surface area contributed by atoms with Gasteiger partial charge in [-0.1, -0.05) is 74.7 Å². The fourth-order valence-electron chi connectivity index (χ4n) is 3.92. The van der Waals surface area contributed by atoms with E-state index in [1.165, 1.54) is 4.31 Å². The lowest BCUT2D eigenvalue weighted by molar-refractivity contribution is -0.133. The normalized spacial score (nSPS) is 19.6. The maximum atomic E-state index is 13.7. The van der Waals surface area contributed by atoms with Crippen LogP contribution in [0.15, 0.2) is 65.1 Å². The molecule has 0 saturated carbocycles. The van der Waals surface area contributed by atoms with Gasteiger partial charge in [0.15, 0.2) is 0 Å². The van der Waals surface area contributed by atoms with E-state index in [9.17, 15) is 18.3 Å². The van der Waals surface area contributed by atoms with E-state index >= 15 is 0 Å². The Kier molecular flexibility index (Phi) is 6.78. The molecule has 6 heteroatoms. The molecule has 0 saturated heterocycles. The van der Waals surface area contributed by atoms with Crippen molar-refractivity contribution in [2.24, 2.45) is 0 Å². The van der Waals surface area contributed by atoms with Crippen molar-refractivity contribution in [2.75, 3.05) is 0 Å². The molecule has 0 amide bonds. The molecule has 1 N–H and O–H groups in total. The first-order valence-corrected chi connectivity index (χ1v) is 11.9. The van der Waals surface area contributed by atoms with E-state index < -0.39 is 28.1 Å². The third kappa shape index (κ3) is 4.35. The Morgan fingerprint density at radius 1 is 1.03 bits per heavy atom. The summed E-state index contributed by atoms with van der Waals surface area (Å²) >= 11 is 0. The zero-order chi connectivity index (χ0) is 21.9. The molecule has 0 unspecified atom stereocenters. The van der Waals surface area contributed by atoms with Gasteiger partial charge >= 0.3 is 5.97 Å². The number of carbonyl (C=O) groups is 1. The summed E-state index contributed by atoms with van der Waals surface area (Å²) in [6.07, 6.45) is 4.79. The van der Waals surface area contributed by atoms with Gasteiger partial charge in [0.2, 0.25) is 10.0 Å². The SMILES string of the molecule is CCCC[C@@H]1C=C(C(=O)O)[C@H](c2ccc(CC)cc2)N1S(=O)(=O)c1ccc(C)cc1. The monoisotopic (exact) mass is 427 g/mol. The van der Waals surface area contributed by atoms with Crippen LogP contribution in [0.5, 0.6) is 0 Å². The molecular weight excluding hydrogens is 398 g/mol. The average Bonchev–Trinajstić information content (AvgIpc) is 3.13. The predicted octanol–water partition coefficient (Wildman–Crippen LogP) is 4.87. The Balaban J connectivity index is 2.14. The van der Waals surface area contributed by atoms with Crippen LogP contribution >= 0.6 is 0 Å².